The van der Waals surface area contributed by atoms with Crippen molar-refractivity contribution in [1.82, 2.24) is 4.90 Å². The molecular weight excluding hydrogens is 234 g/mol. The highest BCUT2D eigenvalue weighted by Crippen LogP contribution is 2.39. The Morgan fingerprint density at radius 3 is 2.06 bits per heavy atom. The summed E-state index contributed by atoms with van der Waals surface area (Å²) in [4.78, 5) is 2.16. The summed E-state index contributed by atoms with van der Waals surface area (Å²) in [5.41, 5.74) is 0.774. The third-order valence-corrected chi connectivity index (χ3v) is 3.04. The first-order chi connectivity index (χ1) is 8.69. The van der Waals surface area contributed by atoms with Gasteiger partial charge < -0.3 is 19.3 Å². The molecule has 0 amide bonds. The maximum atomic E-state index is 10.1. The van der Waals surface area contributed by atoms with Crippen molar-refractivity contribution in [2.45, 2.75) is 6.10 Å². The van der Waals surface area contributed by atoms with Crippen LogP contribution in [0.2, 0.25) is 0 Å². The number of methoxy groups -OCH3 is 3. The molecule has 1 atom stereocenters. The summed E-state index contributed by atoms with van der Waals surface area (Å²) >= 11 is 0. The molecule has 1 saturated heterocycles. The van der Waals surface area contributed by atoms with Crippen LogP contribution in [0.4, 0.5) is 0 Å². The molecule has 2 rings (SSSR count). The number of benzene rings is 1. The molecule has 1 aromatic rings. The smallest absolute Gasteiger partial charge is 0.203 e. The van der Waals surface area contributed by atoms with Crippen LogP contribution in [0.5, 0.6) is 17.2 Å². The van der Waals surface area contributed by atoms with Crippen molar-refractivity contribution in [3.05, 3.63) is 17.7 Å². The quantitative estimate of drug-likeness (QED) is 0.768. The number of nitrogens with zero attached hydrogens (tertiary/aromatic N) is 1. The zero-order valence-corrected chi connectivity index (χ0v) is 11.0. The predicted octanol–water partition coefficient (Wildman–Crippen LogP) is 1.06. The summed E-state index contributed by atoms with van der Waals surface area (Å²) in [5.74, 6) is 1.68. The molecule has 0 aliphatic carbocycles. The average Bonchev–Trinajstić information content (AvgIpc) is 3.20. The fraction of sp³-hybridized carbons (Fsp3) is 0.538. The Kier molecular flexibility index (Phi) is 3.93. The number of ether oxygens (including phenoxy) is 3. The van der Waals surface area contributed by atoms with Crippen molar-refractivity contribution in [1.29, 1.82) is 0 Å². The number of hydrogen-bond donors (Lipinski definition) is 1. The van der Waals surface area contributed by atoms with E-state index in [9.17, 15) is 5.11 Å². The van der Waals surface area contributed by atoms with E-state index in [1.165, 1.54) is 0 Å². The number of rotatable bonds is 6. The molecule has 1 aromatic carbocycles. The van der Waals surface area contributed by atoms with Gasteiger partial charge in [-0.2, -0.15) is 0 Å². The maximum absolute atomic E-state index is 10.1. The molecule has 1 aliphatic rings. The molecule has 18 heavy (non-hydrogen) atoms. The van der Waals surface area contributed by atoms with Crippen molar-refractivity contribution < 1.29 is 19.3 Å². The molecule has 1 fully saturated rings. The summed E-state index contributed by atoms with van der Waals surface area (Å²) in [6.07, 6.45) is -0.541. The Morgan fingerprint density at radius 2 is 1.67 bits per heavy atom. The van der Waals surface area contributed by atoms with Crippen molar-refractivity contribution in [3.8, 4) is 17.2 Å². The molecular formula is C13H19NO4. The maximum Gasteiger partial charge on any atom is 0.203 e. The lowest BCUT2D eigenvalue weighted by Crippen LogP contribution is -2.11. The van der Waals surface area contributed by atoms with Crippen LogP contribution >= 0.6 is 0 Å². The van der Waals surface area contributed by atoms with Crippen LogP contribution in [-0.4, -0.2) is 51.0 Å². The summed E-state index contributed by atoms with van der Waals surface area (Å²) < 4.78 is 15.8. The standard InChI is InChI=1S/C13H19NO4/c1-16-11-6-9(10(15)8-14-4-5-14)7-12(17-2)13(11)18-3/h6-7,10,15H,4-5,8H2,1-3H3. The molecule has 1 aliphatic heterocycles. The van der Waals surface area contributed by atoms with E-state index in [-0.39, 0.29) is 0 Å². The van der Waals surface area contributed by atoms with E-state index in [2.05, 4.69) is 4.90 Å². The largest absolute Gasteiger partial charge is 0.493 e. The number of aliphatic hydroxyl groups is 1. The normalized spacial score (nSPS) is 16.2. The van der Waals surface area contributed by atoms with Crippen LogP contribution in [0.1, 0.15) is 11.7 Å². The Morgan fingerprint density at radius 1 is 1.11 bits per heavy atom. The van der Waals surface area contributed by atoms with Crippen molar-refractivity contribution >= 4 is 0 Å². The molecule has 0 bridgehead atoms. The van der Waals surface area contributed by atoms with Crippen molar-refractivity contribution in [2.75, 3.05) is 41.0 Å². The Balaban J connectivity index is 2.29. The fourth-order valence-corrected chi connectivity index (χ4v) is 1.90. The second-order valence-corrected chi connectivity index (χ2v) is 4.28. The second kappa shape index (κ2) is 5.46. The van der Waals surface area contributed by atoms with Gasteiger partial charge in [0, 0.05) is 19.6 Å². The van der Waals surface area contributed by atoms with Gasteiger partial charge in [0.15, 0.2) is 11.5 Å². The van der Waals surface area contributed by atoms with Gasteiger partial charge in [-0.3, -0.25) is 4.90 Å². The van der Waals surface area contributed by atoms with Crippen LogP contribution < -0.4 is 14.2 Å². The molecule has 0 spiro atoms. The van der Waals surface area contributed by atoms with Gasteiger partial charge >= 0.3 is 0 Å². The summed E-state index contributed by atoms with van der Waals surface area (Å²) in [6.45, 7) is 2.75. The SMILES string of the molecule is COc1cc(C(O)CN2CC2)cc(OC)c1OC. The third-order valence-electron chi connectivity index (χ3n) is 3.04. The van der Waals surface area contributed by atoms with Crippen LogP contribution in [0.15, 0.2) is 12.1 Å². The molecule has 1 unspecified atom stereocenters. The molecule has 1 N–H and O–H groups in total. The average molecular weight is 253 g/mol. The Bertz CT molecular complexity index is 392. The van der Waals surface area contributed by atoms with E-state index < -0.39 is 6.10 Å². The van der Waals surface area contributed by atoms with Crippen LogP contribution in [-0.2, 0) is 0 Å². The minimum atomic E-state index is -0.541. The Labute approximate surface area is 107 Å². The predicted molar refractivity (Wildman–Crippen MR) is 67.5 cm³/mol. The number of hydrogen-bond acceptors (Lipinski definition) is 5. The van der Waals surface area contributed by atoms with Gasteiger partial charge in [0.1, 0.15) is 0 Å². The first-order valence-corrected chi connectivity index (χ1v) is 5.90. The van der Waals surface area contributed by atoms with E-state index in [0.717, 1.165) is 18.7 Å². The van der Waals surface area contributed by atoms with Crippen LogP contribution in [0.25, 0.3) is 0 Å². The summed E-state index contributed by atoms with van der Waals surface area (Å²) in [5, 5.41) is 10.1. The van der Waals surface area contributed by atoms with Crippen LogP contribution in [0, 0.1) is 0 Å². The molecule has 5 nitrogen and oxygen atoms in total. The zero-order valence-electron chi connectivity index (χ0n) is 11.0. The first kappa shape index (κ1) is 13.0. The molecule has 100 valence electrons. The molecule has 5 heteroatoms. The van der Waals surface area contributed by atoms with Crippen LogP contribution in [0.3, 0.4) is 0 Å². The second-order valence-electron chi connectivity index (χ2n) is 4.28. The third kappa shape index (κ3) is 2.68. The topological polar surface area (TPSA) is 50.9 Å². The minimum absolute atomic E-state index is 0.541. The fourth-order valence-electron chi connectivity index (χ4n) is 1.90. The number of aliphatic hydroxyl groups excluding tert-OH is 1. The van der Waals surface area contributed by atoms with E-state index in [1.807, 2.05) is 0 Å². The van der Waals surface area contributed by atoms with E-state index in [1.54, 1.807) is 33.5 Å². The van der Waals surface area contributed by atoms with E-state index in [4.69, 9.17) is 14.2 Å². The lowest BCUT2D eigenvalue weighted by molar-refractivity contribution is 0.155. The van der Waals surface area contributed by atoms with Gasteiger partial charge in [-0.1, -0.05) is 0 Å². The number of β-amino-alcohol motifs (C(OH)–C–C–N with tert-alkyl or cyclic N) is 1. The highest BCUT2D eigenvalue weighted by Gasteiger charge is 2.23. The van der Waals surface area contributed by atoms with E-state index in [0.29, 0.717) is 23.8 Å². The Hall–Kier alpha value is -1.46. The molecule has 0 radical (unpaired) electrons. The molecule has 0 saturated carbocycles. The summed E-state index contributed by atoms with van der Waals surface area (Å²) in [7, 11) is 4.70. The molecule has 1 heterocycles. The van der Waals surface area contributed by atoms with Crippen molar-refractivity contribution in [2.24, 2.45) is 0 Å². The molecule has 0 aromatic heterocycles. The minimum Gasteiger partial charge on any atom is -0.493 e. The zero-order chi connectivity index (χ0) is 13.1. The highest BCUT2D eigenvalue weighted by atomic mass is 16.5. The highest BCUT2D eigenvalue weighted by molar-refractivity contribution is 5.54. The lowest BCUT2D eigenvalue weighted by Gasteiger charge is -2.17. The monoisotopic (exact) mass is 253 g/mol. The van der Waals surface area contributed by atoms with Gasteiger partial charge in [0.2, 0.25) is 5.75 Å². The summed E-state index contributed by atoms with van der Waals surface area (Å²) in [6, 6.07) is 3.57. The van der Waals surface area contributed by atoms with Gasteiger partial charge in [-0.05, 0) is 17.7 Å². The van der Waals surface area contributed by atoms with Crippen molar-refractivity contribution in [3.63, 3.8) is 0 Å². The lowest BCUT2D eigenvalue weighted by atomic mass is 10.1. The first-order valence-electron chi connectivity index (χ1n) is 5.90. The van der Waals surface area contributed by atoms with Gasteiger partial charge in [0.25, 0.3) is 0 Å². The van der Waals surface area contributed by atoms with Gasteiger partial charge in [-0.25, -0.2) is 0 Å². The van der Waals surface area contributed by atoms with Gasteiger partial charge in [0.05, 0.1) is 27.4 Å². The van der Waals surface area contributed by atoms with Gasteiger partial charge in [-0.15, -0.1) is 0 Å². The van der Waals surface area contributed by atoms with E-state index >= 15 is 0 Å².